The smallest absolute Gasteiger partial charge is 0.258 e. The summed E-state index contributed by atoms with van der Waals surface area (Å²) in [6.07, 6.45) is 0.544. The average molecular weight is 474 g/mol. The summed E-state index contributed by atoms with van der Waals surface area (Å²) >= 11 is 19.7. The van der Waals surface area contributed by atoms with Gasteiger partial charge in [-0.25, -0.2) is 0 Å². The molecule has 6 heteroatoms. The van der Waals surface area contributed by atoms with E-state index in [1.54, 1.807) is 13.2 Å². The van der Waals surface area contributed by atoms with Crippen molar-refractivity contribution in [3.05, 3.63) is 56.5 Å². The van der Waals surface area contributed by atoms with E-state index in [0.717, 1.165) is 22.6 Å². The zero-order valence-electron chi connectivity index (χ0n) is 18.3. The second kappa shape index (κ2) is 9.96. The molecule has 2 nitrogen and oxygen atoms in total. The largest absolute Gasteiger partial charge is 0.543 e. The summed E-state index contributed by atoms with van der Waals surface area (Å²) in [7, 11) is -0.460. The lowest BCUT2D eigenvalue weighted by Gasteiger charge is -2.42. The lowest BCUT2D eigenvalue weighted by molar-refractivity contribution is 0.414. The molecule has 0 radical (unpaired) electrons. The third-order valence-corrected chi connectivity index (χ3v) is 12.8. The van der Waals surface area contributed by atoms with E-state index in [2.05, 4.69) is 41.5 Å². The zero-order valence-corrected chi connectivity index (χ0v) is 21.5. The molecule has 160 valence electrons. The summed E-state index contributed by atoms with van der Waals surface area (Å²) in [6, 6.07) is 9.41. The van der Waals surface area contributed by atoms with Crippen LogP contribution < -0.4 is 9.16 Å². The lowest BCUT2D eigenvalue weighted by Crippen LogP contribution is -2.50. The maximum atomic E-state index is 6.73. The van der Waals surface area contributed by atoms with Crippen LogP contribution in [0.25, 0.3) is 0 Å². The number of hydrogen-bond acceptors (Lipinski definition) is 2. The Kier molecular flexibility index (Phi) is 8.38. The van der Waals surface area contributed by atoms with E-state index in [9.17, 15) is 0 Å². The van der Waals surface area contributed by atoms with Crippen LogP contribution in [-0.4, -0.2) is 15.4 Å². The summed E-state index contributed by atoms with van der Waals surface area (Å²) in [4.78, 5) is 0. The molecule has 2 rings (SSSR count). The highest BCUT2D eigenvalue weighted by Crippen LogP contribution is 2.44. The Labute approximate surface area is 191 Å². The van der Waals surface area contributed by atoms with Gasteiger partial charge >= 0.3 is 0 Å². The molecule has 0 fully saturated rings. The van der Waals surface area contributed by atoms with Crippen LogP contribution in [0.3, 0.4) is 0 Å². The number of benzene rings is 2. The van der Waals surface area contributed by atoms with Crippen LogP contribution in [0.2, 0.25) is 31.7 Å². The standard InChI is InChI=1S/C23H31Cl3O2Si/c1-14(2)29(15(3)4,16(5)6)28-19-12-22(25)20(23(26)13-19)10-17-8-9-18(27-7)11-21(17)24/h8-9,11-16H,10H2,1-7H3. The molecule has 0 N–H and O–H groups in total. The van der Waals surface area contributed by atoms with Crippen LogP contribution in [0, 0.1) is 0 Å². The lowest BCUT2D eigenvalue weighted by atomic mass is 10.0. The van der Waals surface area contributed by atoms with Crippen molar-refractivity contribution in [3.8, 4) is 11.5 Å². The van der Waals surface area contributed by atoms with Crippen LogP contribution in [0.4, 0.5) is 0 Å². The van der Waals surface area contributed by atoms with E-state index in [0.29, 0.717) is 38.1 Å². The molecule has 0 spiro atoms. The van der Waals surface area contributed by atoms with Crippen molar-refractivity contribution >= 4 is 43.1 Å². The van der Waals surface area contributed by atoms with Crippen molar-refractivity contribution in [2.45, 2.75) is 64.6 Å². The number of methoxy groups -OCH3 is 1. The molecule has 0 aromatic heterocycles. The van der Waals surface area contributed by atoms with Crippen molar-refractivity contribution in [3.63, 3.8) is 0 Å². The first kappa shape index (κ1) is 24.4. The fraction of sp³-hybridized carbons (Fsp3) is 0.478. The Morgan fingerprint density at radius 1 is 0.759 bits per heavy atom. The minimum Gasteiger partial charge on any atom is -0.543 e. The second-order valence-electron chi connectivity index (χ2n) is 8.42. The summed E-state index contributed by atoms with van der Waals surface area (Å²) in [6.45, 7) is 13.6. The summed E-state index contributed by atoms with van der Waals surface area (Å²) in [5.74, 6) is 1.48. The van der Waals surface area contributed by atoms with Gasteiger partial charge in [-0.2, -0.15) is 0 Å². The van der Waals surface area contributed by atoms with Crippen molar-refractivity contribution in [2.24, 2.45) is 0 Å². The molecule has 0 atom stereocenters. The van der Waals surface area contributed by atoms with Gasteiger partial charge in [0.2, 0.25) is 0 Å². The first-order valence-electron chi connectivity index (χ1n) is 10.0. The van der Waals surface area contributed by atoms with Crippen LogP contribution >= 0.6 is 34.8 Å². The van der Waals surface area contributed by atoms with E-state index < -0.39 is 8.32 Å². The van der Waals surface area contributed by atoms with Crippen molar-refractivity contribution in [2.75, 3.05) is 7.11 Å². The molecule has 0 bridgehead atoms. The quantitative estimate of drug-likeness (QED) is 0.356. The number of rotatable bonds is 8. The molecular formula is C23H31Cl3O2Si. The first-order chi connectivity index (χ1) is 13.5. The van der Waals surface area contributed by atoms with E-state index >= 15 is 0 Å². The Hall–Kier alpha value is -0.873. The van der Waals surface area contributed by atoms with Gasteiger partial charge in [0.25, 0.3) is 8.32 Å². The van der Waals surface area contributed by atoms with E-state index in [1.807, 2.05) is 24.3 Å². The predicted molar refractivity (Wildman–Crippen MR) is 129 cm³/mol. The van der Waals surface area contributed by atoms with Crippen molar-refractivity contribution in [1.82, 2.24) is 0 Å². The summed E-state index contributed by atoms with van der Waals surface area (Å²) in [5, 5.41) is 1.82. The maximum absolute atomic E-state index is 6.73. The minimum atomic E-state index is -2.08. The Morgan fingerprint density at radius 2 is 1.24 bits per heavy atom. The van der Waals surface area contributed by atoms with Crippen molar-refractivity contribution in [1.29, 1.82) is 0 Å². The molecule has 0 saturated heterocycles. The van der Waals surface area contributed by atoms with Gasteiger partial charge in [-0.1, -0.05) is 82.4 Å². The van der Waals surface area contributed by atoms with Gasteiger partial charge in [0.05, 0.1) is 7.11 Å². The topological polar surface area (TPSA) is 18.5 Å². The van der Waals surface area contributed by atoms with Crippen molar-refractivity contribution < 1.29 is 9.16 Å². The molecule has 0 aliphatic rings. The molecule has 2 aromatic carbocycles. The highest BCUT2D eigenvalue weighted by Gasteiger charge is 2.47. The number of halogens is 3. The zero-order chi connectivity index (χ0) is 21.9. The third kappa shape index (κ3) is 5.25. The second-order valence-corrected chi connectivity index (χ2v) is 15.0. The minimum absolute atomic E-state index is 0.470. The monoisotopic (exact) mass is 472 g/mol. The van der Waals surface area contributed by atoms with Crippen LogP contribution in [0.5, 0.6) is 11.5 Å². The molecule has 0 unspecified atom stereocenters. The highest BCUT2D eigenvalue weighted by atomic mass is 35.5. The van der Waals surface area contributed by atoms with E-state index in [-0.39, 0.29) is 0 Å². The Bertz CT molecular complexity index is 805. The van der Waals surface area contributed by atoms with Gasteiger partial charge in [0.1, 0.15) is 11.5 Å². The average Bonchev–Trinajstić information content (AvgIpc) is 2.62. The highest BCUT2D eigenvalue weighted by molar-refractivity contribution is 6.78. The number of ether oxygens (including phenoxy) is 1. The van der Waals surface area contributed by atoms with Gasteiger partial charge in [0, 0.05) is 21.5 Å². The van der Waals surface area contributed by atoms with Crippen LogP contribution in [0.1, 0.15) is 52.7 Å². The maximum Gasteiger partial charge on any atom is 0.258 e. The number of hydrogen-bond donors (Lipinski definition) is 0. The fourth-order valence-corrected chi connectivity index (χ4v) is 10.4. The summed E-state index contributed by atoms with van der Waals surface area (Å²) < 4.78 is 12.0. The van der Waals surface area contributed by atoms with Gasteiger partial charge in [-0.3, -0.25) is 0 Å². The predicted octanol–water partition coefficient (Wildman–Crippen LogP) is 8.80. The Balaban J connectivity index is 2.38. The molecule has 2 aromatic rings. The molecular weight excluding hydrogens is 443 g/mol. The van der Waals surface area contributed by atoms with Gasteiger partial charge in [0.15, 0.2) is 0 Å². The third-order valence-electron chi connectivity index (χ3n) is 5.74. The molecule has 0 saturated carbocycles. The Morgan fingerprint density at radius 3 is 1.66 bits per heavy atom. The molecule has 0 heterocycles. The SMILES string of the molecule is COc1ccc(Cc2c(Cl)cc(O[Si](C(C)C)(C(C)C)C(C)C)cc2Cl)c(Cl)c1. The van der Waals surface area contributed by atoms with Gasteiger partial charge in [-0.15, -0.1) is 0 Å². The van der Waals surface area contributed by atoms with Gasteiger partial charge < -0.3 is 9.16 Å². The molecule has 29 heavy (non-hydrogen) atoms. The fourth-order valence-electron chi connectivity index (χ4n) is 4.35. The van der Waals surface area contributed by atoms with Crippen LogP contribution in [-0.2, 0) is 6.42 Å². The summed E-state index contributed by atoms with van der Waals surface area (Å²) in [5.41, 5.74) is 3.20. The van der Waals surface area contributed by atoms with Crippen LogP contribution in [0.15, 0.2) is 30.3 Å². The first-order valence-corrected chi connectivity index (χ1v) is 13.3. The molecule has 0 aliphatic heterocycles. The molecule has 0 amide bonds. The van der Waals surface area contributed by atoms with Gasteiger partial charge in [-0.05, 0) is 52.0 Å². The van der Waals surface area contributed by atoms with E-state index in [1.165, 1.54) is 0 Å². The molecule has 0 aliphatic carbocycles. The van der Waals surface area contributed by atoms with E-state index in [4.69, 9.17) is 44.0 Å². The normalized spacial score (nSPS) is 12.2.